The van der Waals surface area contributed by atoms with Gasteiger partial charge in [-0.2, -0.15) is 0 Å². The summed E-state index contributed by atoms with van der Waals surface area (Å²) in [5.41, 5.74) is 2.88. The van der Waals surface area contributed by atoms with E-state index in [1.165, 1.54) is 0 Å². The van der Waals surface area contributed by atoms with E-state index in [0.29, 0.717) is 5.82 Å². The Balaban J connectivity index is 2.65. The third-order valence-electron chi connectivity index (χ3n) is 2.89. The van der Waals surface area contributed by atoms with Gasteiger partial charge in [0.15, 0.2) is 0 Å². The molecule has 1 aromatic carbocycles. The highest BCUT2D eigenvalue weighted by Crippen LogP contribution is 2.27. The normalized spacial score (nSPS) is 10.3. The van der Waals surface area contributed by atoms with Crippen molar-refractivity contribution in [3.8, 4) is 11.3 Å². The Hall–Kier alpha value is -2.36. The average molecular weight is 256 g/mol. The molecule has 1 heterocycles. The minimum Gasteiger partial charge on any atom is -0.478 e. The van der Waals surface area contributed by atoms with Gasteiger partial charge in [-0.1, -0.05) is 30.3 Å². The summed E-state index contributed by atoms with van der Waals surface area (Å²) in [5, 5.41) is 9.23. The standard InChI is InChI=1S/C15H16N2O2/c1-10-9-12(15(18)19)14(17(2)3)16-13(10)11-7-5-4-6-8-11/h4-9H,1-3H3,(H,18,19). The molecule has 0 spiro atoms. The minimum absolute atomic E-state index is 0.224. The molecule has 0 aliphatic carbocycles. The predicted octanol–water partition coefficient (Wildman–Crippen LogP) is 2.82. The predicted molar refractivity (Wildman–Crippen MR) is 75.7 cm³/mol. The molecule has 0 saturated heterocycles. The van der Waals surface area contributed by atoms with E-state index in [1.807, 2.05) is 37.3 Å². The Morgan fingerprint density at radius 3 is 2.37 bits per heavy atom. The largest absolute Gasteiger partial charge is 0.478 e. The minimum atomic E-state index is -0.959. The third-order valence-corrected chi connectivity index (χ3v) is 2.89. The maximum Gasteiger partial charge on any atom is 0.339 e. The first-order valence-electron chi connectivity index (χ1n) is 5.98. The number of hydrogen-bond acceptors (Lipinski definition) is 3. The van der Waals surface area contributed by atoms with E-state index in [0.717, 1.165) is 16.8 Å². The number of carbonyl (C=O) groups is 1. The second-order valence-corrected chi connectivity index (χ2v) is 4.59. The van der Waals surface area contributed by atoms with Crippen LogP contribution in [0.5, 0.6) is 0 Å². The van der Waals surface area contributed by atoms with Crippen LogP contribution in [0.25, 0.3) is 11.3 Å². The lowest BCUT2D eigenvalue weighted by Crippen LogP contribution is -2.16. The van der Waals surface area contributed by atoms with Gasteiger partial charge in [-0.3, -0.25) is 0 Å². The van der Waals surface area contributed by atoms with Crippen molar-refractivity contribution in [2.45, 2.75) is 6.92 Å². The second-order valence-electron chi connectivity index (χ2n) is 4.59. The number of nitrogens with zero attached hydrogens (tertiary/aromatic N) is 2. The average Bonchev–Trinajstić information content (AvgIpc) is 2.39. The van der Waals surface area contributed by atoms with Gasteiger partial charge in [-0.25, -0.2) is 9.78 Å². The number of benzene rings is 1. The summed E-state index contributed by atoms with van der Waals surface area (Å²) >= 11 is 0. The summed E-state index contributed by atoms with van der Waals surface area (Å²) < 4.78 is 0. The van der Waals surface area contributed by atoms with Crippen LogP contribution in [0.1, 0.15) is 15.9 Å². The van der Waals surface area contributed by atoms with Crippen LogP contribution in [-0.4, -0.2) is 30.2 Å². The molecule has 0 unspecified atom stereocenters. The third kappa shape index (κ3) is 2.57. The molecule has 0 bridgehead atoms. The van der Waals surface area contributed by atoms with Gasteiger partial charge in [0.25, 0.3) is 0 Å². The summed E-state index contributed by atoms with van der Waals surface area (Å²) in [6.07, 6.45) is 0. The summed E-state index contributed by atoms with van der Waals surface area (Å²) in [7, 11) is 3.58. The number of carboxylic acids is 1. The van der Waals surface area contributed by atoms with E-state index in [1.54, 1.807) is 25.1 Å². The van der Waals surface area contributed by atoms with E-state index in [2.05, 4.69) is 4.98 Å². The highest BCUT2D eigenvalue weighted by Gasteiger charge is 2.17. The van der Waals surface area contributed by atoms with E-state index in [4.69, 9.17) is 0 Å². The summed E-state index contributed by atoms with van der Waals surface area (Å²) in [5.74, 6) is -0.490. The molecular formula is C15H16N2O2. The van der Waals surface area contributed by atoms with Crippen LogP contribution in [-0.2, 0) is 0 Å². The Morgan fingerprint density at radius 1 is 1.21 bits per heavy atom. The first-order chi connectivity index (χ1) is 9.00. The Bertz CT molecular complexity index is 607. The maximum absolute atomic E-state index is 11.3. The molecule has 1 aromatic heterocycles. The zero-order valence-corrected chi connectivity index (χ0v) is 11.2. The van der Waals surface area contributed by atoms with Crippen LogP contribution < -0.4 is 4.90 Å². The molecule has 4 nitrogen and oxygen atoms in total. The molecule has 2 rings (SSSR count). The van der Waals surface area contributed by atoms with E-state index >= 15 is 0 Å². The van der Waals surface area contributed by atoms with Gasteiger partial charge in [-0.15, -0.1) is 0 Å². The number of hydrogen-bond donors (Lipinski definition) is 1. The number of pyridine rings is 1. The van der Waals surface area contributed by atoms with Gasteiger partial charge >= 0.3 is 5.97 Å². The van der Waals surface area contributed by atoms with Crippen LogP contribution in [0.3, 0.4) is 0 Å². The van der Waals surface area contributed by atoms with Crippen LogP contribution >= 0.6 is 0 Å². The van der Waals surface area contributed by atoms with Crippen LogP contribution in [0, 0.1) is 6.92 Å². The molecule has 98 valence electrons. The van der Waals surface area contributed by atoms with Gasteiger partial charge in [0.05, 0.1) is 5.69 Å². The maximum atomic E-state index is 11.3. The molecule has 0 radical (unpaired) electrons. The fourth-order valence-corrected chi connectivity index (χ4v) is 1.99. The van der Waals surface area contributed by atoms with Gasteiger partial charge in [-0.05, 0) is 18.6 Å². The van der Waals surface area contributed by atoms with E-state index in [-0.39, 0.29) is 5.56 Å². The van der Waals surface area contributed by atoms with Crippen molar-refractivity contribution in [1.29, 1.82) is 0 Å². The number of aromatic nitrogens is 1. The summed E-state index contributed by atoms with van der Waals surface area (Å²) in [6, 6.07) is 11.4. The lowest BCUT2D eigenvalue weighted by molar-refractivity contribution is 0.0697. The summed E-state index contributed by atoms with van der Waals surface area (Å²) in [4.78, 5) is 17.5. The van der Waals surface area contributed by atoms with Crippen molar-refractivity contribution in [3.63, 3.8) is 0 Å². The SMILES string of the molecule is Cc1cc(C(=O)O)c(N(C)C)nc1-c1ccccc1. The topological polar surface area (TPSA) is 53.4 Å². The monoisotopic (exact) mass is 256 g/mol. The molecular weight excluding hydrogens is 240 g/mol. The number of aryl methyl sites for hydroxylation is 1. The van der Waals surface area contributed by atoms with Crippen LogP contribution in [0.15, 0.2) is 36.4 Å². The molecule has 0 atom stereocenters. The fraction of sp³-hybridized carbons (Fsp3) is 0.200. The van der Waals surface area contributed by atoms with Crippen molar-refractivity contribution in [3.05, 3.63) is 47.5 Å². The molecule has 2 aromatic rings. The lowest BCUT2D eigenvalue weighted by atomic mass is 10.0. The van der Waals surface area contributed by atoms with Gasteiger partial charge in [0.1, 0.15) is 11.4 Å². The highest BCUT2D eigenvalue weighted by molar-refractivity contribution is 5.94. The zero-order valence-electron chi connectivity index (χ0n) is 11.2. The number of anilines is 1. The Labute approximate surface area is 112 Å². The fourth-order valence-electron chi connectivity index (χ4n) is 1.99. The van der Waals surface area contributed by atoms with Gasteiger partial charge in [0.2, 0.25) is 0 Å². The Kier molecular flexibility index (Phi) is 3.51. The van der Waals surface area contributed by atoms with Crippen molar-refractivity contribution in [1.82, 2.24) is 4.98 Å². The first-order valence-corrected chi connectivity index (χ1v) is 5.98. The highest BCUT2D eigenvalue weighted by atomic mass is 16.4. The van der Waals surface area contributed by atoms with E-state index in [9.17, 15) is 9.90 Å². The van der Waals surface area contributed by atoms with E-state index < -0.39 is 5.97 Å². The molecule has 0 aliphatic heterocycles. The molecule has 4 heteroatoms. The van der Waals surface area contributed by atoms with Crippen molar-refractivity contribution in [2.75, 3.05) is 19.0 Å². The Morgan fingerprint density at radius 2 is 1.84 bits per heavy atom. The van der Waals surface area contributed by atoms with Crippen LogP contribution in [0.4, 0.5) is 5.82 Å². The molecule has 19 heavy (non-hydrogen) atoms. The van der Waals surface area contributed by atoms with Gasteiger partial charge < -0.3 is 10.0 Å². The molecule has 1 N–H and O–H groups in total. The molecule has 0 saturated carbocycles. The smallest absolute Gasteiger partial charge is 0.339 e. The molecule has 0 aliphatic rings. The second kappa shape index (κ2) is 5.10. The molecule has 0 amide bonds. The summed E-state index contributed by atoms with van der Waals surface area (Å²) in [6.45, 7) is 1.88. The van der Waals surface area contributed by atoms with Gasteiger partial charge in [0, 0.05) is 19.7 Å². The number of rotatable bonds is 3. The lowest BCUT2D eigenvalue weighted by Gasteiger charge is -2.17. The van der Waals surface area contributed by atoms with Crippen LogP contribution in [0.2, 0.25) is 0 Å². The van der Waals surface area contributed by atoms with Crippen molar-refractivity contribution < 1.29 is 9.90 Å². The number of aromatic carboxylic acids is 1. The first kappa shape index (κ1) is 13.1. The number of carboxylic acid groups (broad SMARTS) is 1. The molecule has 0 fully saturated rings. The quantitative estimate of drug-likeness (QED) is 0.917. The van der Waals surface area contributed by atoms with Crippen molar-refractivity contribution in [2.24, 2.45) is 0 Å². The zero-order chi connectivity index (χ0) is 14.0. The van der Waals surface area contributed by atoms with Crippen molar-refractivity contribution >= 4 is 11.8 Å².